The Morgan fingerprint density at radius 3 is 1.33 bits per heavy atom. The van der Waals surface area contributed by atoms with E-state index in [-0.39, 0.29) is 24.3 Å². The van der Waals surface area contributed by atoms with Crippen LogP contribution in [0.15, 0.2) is 231 Å². The van der Waals surface area contributed by atoms with E-state index in [1.807, 2.05) is 0 Å². The molecule has 6 heterocycles. The molecule has 8 aliphatic rings. The van der Waals surface area contributed by atoms with Gasteiger partial charge in [0.25, 0.3) is 13.4 Å². The summed E-state index contributed by atoms with van der Waals surface area (Å²) in [5.41, 5.74) is 30.8. The number of nitrogens with zero attached hydrogens (tertiary/aromatic N) is 4. The van der Waals surface area contributed by atoms with Crippen LogP contribution in [0.25, 0.3) is 33.0 Å². The molecule has 0 bridgehead atoms. The number of fused-ring (bicyclic) bond motifs is 11. The summed E-state index contributed by atoms with van der Waals surface area (Å²) in [5, 5.41) is 2.13. The van der Waals surface area contributed by atoms with Gasteiger partial charge in [0.1, 0.15) is 23.0 Å². The van der Waals surface area contributed by atoms with Gasteiger partial charge in [-0.15, -0.1) is 0 Å². The van der Waals surface area contributed by atoms with E-state index in [1.54, 1.807) is 0 Å². The SMILES string of the molecule is CC1(C)c2ccccc2-c2cc3c4c(c21)N(c1ccccc1)c1cccc2c1B4c1c(cc4cc5c6c(c4c1N2c1ccccc1)Oc1cccc2c1B6c1c(cc4c(c1N2c1ccccc1)C(C)(C)c1ccccc1-4)N5c1ccccc1)O3. The second-order valence-electron chi connectivity index (χ2n) is 25.0. The first-order chi connectivity index (χ1) is 41.3. The molecule has 0 amide bonds. The summed E-state index contributed by atoms with van der Waals surface area (Å²) in [4.78, 5) is 10.2. The van der Waals surface area contributed by atoms with Crippen molar-refractivity contribution >= 4 is 125 Å². The number of benzene rings is 12. The van der Waals surface area contributed by atoms with Gasteiger partial charge in [0, 0.05) is 78.8 Å². The van der Waals surface area contributed by atoms with Gasteiger partial charge < -0.3 is 29.1 Å². The molecule has 0 radical (unpaired) electrons. The molecule has 0 saturated heterocycles. The number of ether oxygens (including phenoxy) is 2. The van der Waals surface area contributed by atoms with Crippen molar-refractivity contribution in [2.75, 3.05) is 19.6 Å². The molecule has 0 saturated carbocycles. The lowest BCUT2D eigenvalue weighted by Crippen LogP contribution is -2.64. The zero-order chi connectivity index (χ0) is 55.2. The summed E-state index contributed by atoms with van der Waals surface area (Å²) >= 11 is 0. The van der Waals surface area contributed by atoms with Crippen LogP contribution in [0.4, 0.5) is 68.2 Å². The Morgan fingerprint density at radius 1 is 0.310 bits per heavy atom. The zero-order valence-corrected chi connectivity index (χ0v) is 46.7. The fourth-order valence-electron chi connectivity index (χ4n) is 17.1. The van der Waals surface area contributed by atoms with Crippen molar-refractivity contribution in [1.82, 2.24) is 0 Å². The zero-order valence-electron chi connectivity index (χ0n) is 46.7. The van der Waals surface area contributed by atoms with Crippen LogP contribution < -0.4 is 61.9 Å². The molecule has 6 nitrogen and oxygen atoms in total. The lowest BCUT2D eigenvalue weighted by molar-refractivity contribution is 0.487. The Bertz CT molecular complexity index is 5010. The highest BCUT2D eigenvalue weighted by molar-refractivity contribution is 7.03. The van der Waals surface area contributed by atoms with Gasteiger partial charge in [0.15, 0.2) is 0 Å². The predicted octanol–water partition coefficient (Wildman–Crippen LogP) is 15.8. The van der Waals surface area contributed by atoms with Crippen molar-refractivity contribution in [3.8, 4) is 45.3 Å². The van der Waals surface area contributed by atoms with Gasteiger partial charge in [0.05, 0.1) is 5.69 Å². The van der Waals surface area contributed by atoms with Gasteiger partial charge in [-0.05, 0) is 180 Å². The molecule has 0 atom stereocenters. The van der Waals surface area contributed by atoms with Crippen LogP contribution in [0.1, 0.15) is 49.9 Å². The topological polar surface area (TPSA) is 31.4 Å². The standard InChI is InChI=1S/C76H50B2N4O2/c1-75(2)52-33-19-17-31-48(52)50-41-58-67-72(63(50)75)82(47-29-15-8-16-30-47)56-37-22-38-59-66(56)78(67)68-57(79(58)44-23-9-5-10-24-44)39-43-40-60-69-71(62(43)74(68)84-59)80(45-25-11-6-12-26-45)54-35-21-36-55-65(54)77(69)70-61(83-60)42-51-49-32-18-20-34-53(49)76(3,4)64(51)73(70)81(55)46-27-13-7-14-28-46/h5-42H,1-4H3. The van der Waals surface area contributed by atoms with E-state index >= 15 is 0 Å². The maximum Gasteiger partial charge on any atom is 0.261 e. The first kappa shape index (κ1) is 45.4. The molecule has 12 aromatic carbocycles. The number of para-hydroxylation sites is 4. The van der Waals surface area contributed by atoms with E-state index in [9.17, 15) is 0 Å². The minimum atomic E-state index is -0.317. The molecule has 84 heavy (non-hydrogen) atoms. The Kier molecular flexibility index (Phi) is 8.37. The Labute approximate surface area is 488 Å². The largest absolute Gasteiger partial charge is 0.458 e. The molecule has 0 aromatic heterocycles. The number of hydrogen-bond acceptors (Lipinski definition) is 6. The molecule has 0 N–H and O–H groups in total. The predicted molar refractivity (Wildman–Crippen MR) is 347 cm³/mol. The van der Waals surface area contributed by atoms with E-state index in [0.717, 1.165) is 84.7 Å². The normalized spacial score (nSPS) is 15.9. The lowest BCUT2D eigenvalue weighted by atomic mass is 9.31. The second kappa shape index (κ2) is 15.5. The highest BCUT2D eigenvalue weighted by Gasteiger charge is 2.56. The van der Waals surface area contributed by atoms with E-state index < -0.39 is 0 Å². The van der Waals surface area contributed by atoms with Crippen molar-refractivity contribution in [2.24, 2.45) is 0 Å². The molecular weight excluding hydrogens is 1020 g/mol. The maximum absolute atomic E-state index is 7.95. The summed E-state index contributed by atoms with van der Waals surface area (Å²) in [6.45, 7) is 9.36. The van der Waals surface area contributed by atoms with E-state index in [4.69, 9.17) is 9.47 Å². The molecule has 6 aliphatic heterocycles. The summed E-state index contributed by atoms with van der Waals surface area (Å²) < 4.78 is 15.7. The number of anilines is 12. The summed E-state index contributed by atoms with van der Waals surface area (Å²) in [6.07, 6.45) is 0. The maximum atomic E-state index is 7.95. The van der Waals surface area contributed by atoms with E-state index in [0.29, 0.717) is 0 Å². The minimum absolute atomic E-state index is 0.172. The molecule has 2 aliphatic carbocycles. The molecule has 0 spiro atoms. The molecule has 8 heteroatoms. The third-order valence-corrected chi connectivity index (χ3v) is 20.2. The minimum Gasteiger partial charge on any atom is -0.458 e. The lowest BCUT2D eigenvalue weighted by Gasteiger charge is -2.49. The summed E-state index contributed by atoms with van der Waals surface area (Å²) in [6, 6.07) is 85.7. The van der Waals surface area contributed by atoms with E-state index in [2.05, 4.69) is 278 Å². The van der Waals surface area contributed by atoms with Gasteiger partial charge in [-0.1, -0.05) is 161 Å². The number of hydrogen-bond donors (Lipinski definition) is 0. The second-order valence-corrected chi connectivity index (χ2v) is 25.0. The Balaban J connectivity index is 0.947. The van der Waals surface area contributed by atoms with Crippen LogP contribution in [0.5, 0.6) is 23.0 Å². The molecule has 0 fully saturated rings. The van der Waals surface area contributed by atoms with Crippen molar-refractivity contribution in [2.45, 2.75) is 38.5 Å². The van der Waals surface area contributed by atoms with Gasteiger partial charge in [0.2, 0.25) is 0 Å². The average Bonchev–Trinajstić information content (AvgIpc) is 0.993. The van der Waals surface area contributed by atoms with Gasteiger partial charge >= 0.3 is 0 Å². The smallest absolute Gasteiger partial charge is 0.261 e. The Morgan fingerprint density at radius 2 is 0.750 bits per heavy atom. The van der Waals surface area contributed by atoms with Crippen molar-refractivity contribution in [3.05, 3.63) is 253 Å². The van der Waals surface area contributed by atoms with Crippen molar-refractivity contribution in [1.29, 1.82) is 0 Å². The third kappa shape index (κ3) is 5.34. The van der Waals surface area contributed by atoms with Crippen LogP contribution in [-0.4, -0.2) is 13.4 Å². The molecule has 12 aromatic rings. The van der Waals surface area contributed by atoms with Gasteiger partial charge in [-0.3, -0.25) is 0 Å². The first-order valence-electron chi connectivity index (χ1n) is 29.6. The Hall–Kier alpha value is -10.2. The molecular formula is C76H50B2N4O2. The van der Waals surface area contributed by atoms with Gasteiger partial charge in [-0.2, -0.15) is 0 Å². The fourth-order valence-corrected chi connectivity index (χ4v) is 17.1. The monoisotopic (exact) mass is 1070 g/mol. The summed E-state index contributed by atoms with van der Waals surface area (Å²) in [7, 11) is 0. The van der Waals surface area contributed by atoms with Crippen LogP contribution >= 0.6 is 0 Å². The van der Waals surface area contributed by atoms with Crippen LogP contribution in [0.2, 0.25) is 0 Å². The molecule has 0 unspecified atom stereocenters. The van der Waals surface area contributed by atoms with Crippen LogP contribution in [-0.2, 0) is 10.8 Å². The fraction of sp³-hybridized carbons (Fsp3) is 0.0789. The number of rotatable bonds is 4. The molecule has 392 valence electrons. The summed E-state index contributed by atoms with van der Waals surface area (Å²) in [5.74, 6) is 3.54. The average molecular weight is 1070 g/mol. The first-order valence-corrected chi connectivity index (χ1v) is 29.6. The van der Waals surface area contributed by atoms with Crippen molar-refractivity contribution < 1.29 is 9.47 Å². The van der Waals surface area contributed by atoms with Crippen LogP contribution in [0.3, 0.4) is 0 Å². The highest BCUT2D eigenvalue weighted by atomic mass is 16.5. The van der Waals surface area contributed by atoms with Crippen molar-refractivity contribution in [3.63, 3.8) is 0 Å². The van der Waals surface area contributed by atoms with Gasteiger partial charge in [-0.25, -0.2) is 0 Å². The quantitative estimate of drug-likeness (QED) is 0.163. The van der Waals surface area contributed by atoms with E-state index in [1.165, 1.54) is 94.6 Å². The van der Waals surface area contributed by atoms with Crippen LogP contribution in [0, 0.1) is 0 Å². The third-order valence-electron chi connectivity index (χ3n) is 20.2. The molecule has 20 rings (SSSR count). The highest BCUT2D eigenvalue weighted by Crippen LogP contribution is 2.62.